The fourth-order valence-corrected chi connectivity index (χ4v) is 4.09. The summed E-state index contributed by atoms with van der Waals surface area (Å²) < 4.78 is 17.1. The van der Waals surface area contributed by atoms with E-state index in [-0.39, 0.29) is 11.3 Å². The third-order valence-corrected chi connectivity index (χ3v) is 5.58. The van der Waals surface area contributed by atoms with Crippen LogP contribution in [0.1, 0.15) is 50.5 Å². The minimum Gasteiger partial charge on any atom is -0.490 e. The Kier molecular flexibility index (Phi) is 7.63. The van der Waals surface area contributed by atoms with Crippen molar-refractivity contribution in [1.29, 1.82) is 0 Å². The SMILES string of the molecule is CCOc1cc(C(=O)N/N=C\C=C2\N(C)c3ccccc3C2(C)C)cc(OCC)c1OCC. The molecule has 176 valence electrons. The number of nitrogens with zero attached hydrogens (tertiary/aromatic N) is 2. The summed E-state index contributed by atoms with van der Waals surface area (Å²) in [6.07, 6.45) is 3.54. The summed E-state index contributed by atoms with van der Waals surface area (Å²) >= 11 is 0. The van der Waals surface area contributed by atoms with Crippen molar-refractivity contribution in [2.45, 2.75) is 40.0 Å². The summed E-state index contributed by atoms with van der Waals surface area (Å²) in [5.41, 5.74) is 6.34. The molecule has 3 rings (SSSR count). The largest absolute Gasteiger partial charge is 0.490 e. The van der Waals surface area contributed by atoms with Crippen molar-refractivity contribution < 1.29 is 19.0 Å². The molecular formula is C26H33N3O4. The average Bonchev–Trinajstić information content (AvgIpc) is 2.99. The Hall–Kier alpha value is -3.48. The maximum absolute atomic E-state index is 12.8. The molecule has 7 nitrogen and oxygen atoms in total. The molecule has 1 heterocycles. The van der Waals surface area contributed by atoms with E-state index in [2.05, 4.69) is 47.5 Å². The van der Waals surface area contributed by atoms with Gasteiger partial charge in [0.1, 0.15) is 0 Å². The molecule has 2 aromatic rings. The first-order chi connectivity index (χ1) is 15.8. The highest BCUT2D eigenvalue weighted by atomic mass is 16.5. The van der Waals surface area contributed by atoms with Gasteiger partial charge in [-0.15, -0.1) is 0 Å². The minimum absolute atomic E-state index is 0.157. The molecule has 0 unspecified atom stereocenters. The highest BCUT2D eigenvalue weighted by Crippen LogP contribution is 2.46. The lowest BCUT2D eigenvalue weighted by molar-refractivity contribution is 0.0954. The zero-order valence-corrected chi connectivity index (χ0v) is 20.3. The van der Waals surface area contributed by atoms with Gasteiger partial charge < -0.3 is 19.1 Å². The Bertz CT molecular complexity index is 1030. The van der Waals surface area contributed by atoms with Crippen molar-refractivity contribution in [3.63, 3.8) is 0 Å². The van der Waals surface area contributed by atoms with Gasteiger partial charge in [0.2, 0.25) is 5.75 Å². The van der Waals surface area contributed by atoms with E-state index in [1.807, 2.05) is 40.0 Å². The van der Waals surface area contributed by atoms with E-state index in [1.165, 1.54) is 11.3 Å². The number of anilines is 1. The van der Waals surface area contributed by atoms with Crippen molar-refractivity contribution in [2.24, 2.45) is 5.10 Å². The Morgan fingerprint density at radius 3 is 2.21 bits per heavy atom. The summed E-state index contributed by atoms with van der Waals surface area (Å²) in [6, 6.07) is 11.6. The van der Waals surface area contributed by atoms with Gasteiger partial charge >= 0.3 is 0 Å². The Morgan fingerprint density at radius 1 is 1.03 bits per heavy atom. The summed E-state index contributed by atoms with van der Waals surface area (Å²) in [5, 5.41) is 4.14. The van der Waals surface area contributed by atoms with Crippen LogP contribution in [0.25, 0.3) is 0 Å². The van der Waals surface area contributed by atoms with E-state index in [1.54, 1.807) is 18.3 Å². The normalized spacial score (nSPS) is 15.6. The highest BCUT2D eigenvalue weighted by molar-refractivity contribution is 5.96. The van der Waals surface area contributed by atoms with Crippen molar-refractivity contribution in [2.75, 3.05) is 31.8 Å². The summed E-state index contributed by atoms with van der Waals surface area (Å²) in [7, 11) is 2.04. The number of benzene rings is 2. The number of nitrogens with one attached hydrogen (secondary N) is 1. The van der Waals surface area contributed by atoms with E-state index in [9.17, 15) is 4.79 Å². The predicted molar refractivity (Wildman–Crippen MR) is 132 cm³/mol. The molecule has 0 atom stereocenters. The van der Waals surface area contributed by atoms with Gasteiger partial charge in [0.15, 0.2) is 11.5 Å². The Morgan fingerprint density at radius 2 is 1.64 bits per heavy atom. The van der Waals surface area contributed by atoms with Gasteiger partial charge in [-0.05, 0) is 50.6 Å². The van der Waals surface area contributed by atoms with Crippen LogP contribution in [0, 0.1) is 0 Å². The first-order valence-electron chi connectivity index (χ1n) is 11.3. The van der Waals surface area contributed by atoms with E-state index in [0.717, 1.165) is 5.70 Å². The molecule has 2 aromatic carbocycles. The number of carbonyl (C=O) groups excluding carboxylic acids is 1. The molecule has 0 spiro atoms. The van der Waals surface area contributed by atoms with Crippen LogP contribution in [0.15, 0.2) is 53.3 Å². The molecule has 7 heteroatoms. The van der Waals surface area contributed by atoms with E-state index >= 15 is 0 Å². The first-order valence-corrected chi connectivity index (χ1v) is 11.3. The smallest absolute Gasteiger partial charge is 0.271 e. The molecule has 1 aliphatic heterocycles. The van der Waals surface area contributed by atoms with Crippen LogP contribution in [0.2, 0.25) is 0 Å². The number of rotatable bonds is 9. The van der Waals surface area contributed by atoms with Gasteiger partial charge in [-0.1, -0.05) is 32.0 Å². The van der Waals surface area contributed by atoms with Crippen LogP contribution < -0.4 is 24.5 Å². The molecule has 0 fully saturated rings. The van der Waals surface area contributed by atoms with Gasteiger partial charge in [0.25, 0.3) is 5.91 Å². The number of carbonyl (C=O) groups is 1. The van der Waals surface area contributed by atoms with Crippen molar-refractivity contribution >= 4 is 17.8 Å². The third-order valence-electron chi connectivity index (χ3n) is 5.58. The summed E-state index contributed by atoms with van der Waals surface area (Å²) in [4.78, 5) is 14.9. The van der Waals surface area contributed by atoms with Crippen LogP contribution in [0.4, 0.5) is 5.69 Å². The van der Waals surface area contributed by atoms with Crippen molar-refractivity contribution in [3.8, 4) is 17.2 Å². The van der Waals surface area contributed by atoms with Gasteiger partial charge in [-0.25, -0.2) is 5.43 Å². The third kappa shape index (κ3) is 4.97. The number of ether oxygens (including phenoxy) is 3. The fraction of sp³-hybridized carbons (Fsp3) is 0.385. The second kappa shape index (κ2) is 10.4. The lowest BCUT2D eigenvalue weighted by Crippen LogP contribution is -2.23. The van der Waals surface area contributed by atoms with Crippen LogP contribution in [0.3, 0.4) is 0 Å². The predicted octanol–water partition coefficient (Wildman–Crippen LogP) is 4.91. The maximum atomic E-state index is 12.8. The van der Waals surface area contributed by atoms with Gasteiger partial charge in [0, 0.05) is 35.6 Å². The number of fused-ring (bicyclic) bond motifs is 1. The molecule has 1 amide bonds. The molecule has 0 aromatic heterocycles. The van der Waals surface area contributed by atoms with Crippen molar-refractivity contribution in [3.05, 3.63) is 59.3 Å². The summed E-state index contributed by atoms with van der Waals surface area (Å²) in [6.45, 7) is 11.3. The number of hydrogen-bond donors (Lipinski definition) is 1. The Labute approximate surface area is 196 Å². The highest BCUT2D eigenvalue weighted by Gasteiger charge is 2.37. The lowest BCUT2D eigenvalue weighted by atomic mass is 9.84. The first kappa shape index (κ1) is 24.2. The van der Waals surface area contributed by atoms with Crippen LogP contribution in [-0.4, -0.2) is 39.0 Å². The number of amides is 1. The number of hydrazone groups is 1. The minimum atomic E-state index is -0.364. The zero-order chi connectivity index (χ0) is 24.0. The molecule has 0 aliphatic carbocycles. The number of likely N-dealkylation sites (N-methyl/N-ethyl adjacent to an activating group) is 1. The van der Waals surface area contributed by atoms with E-state index < -0.39 is 0 Å². The van der Waals surface area contributed by atoms with Crippen LogP contribution in [-0.2, 0) is 5.41 Å². The molecule has 0 radical (unpaired) electrons. The van der Waals surface area contributed by atoms with Gasteiger partial charge in [0.05, 0.1) is 19.8 Å². The molecule has 1 N–H and O–H groups in total. The fourth-order valence-electron chi connectivity index (χ4n) is 4.09. The standard InChI is InChI=1S/C26H33N3O4/c1-7-31-21-16-18(17-22(32-8-2)24(21)33-9-3)25(30)28-27-15-14-23-26(4,5)19-12-10-11-13-20(19)29(23)6/h10-17H,7-9H2,1-6H3,(H,28,30)/b23-14+,27-15-. The molecule has 0 saturated carbocycles. The van der Waals surface area contributed by atoms with Crippen LogP contribution in [0.5, 0.6) is 17.2 Å². The van der Waals surface area contributed by atoms with Gasteiger partial charge in [-0.3, -0.25) is 4.79 Å². The topological polar surface area (TPSA) is 72.4 Å². The molecule has 1 aliphatic rings. The van der Waals surface area contributed by atoms with Crippen LogP contribution >= 0.6 is 0 Å². The summed E-state index contributed by atoms with van der Waals surface area (Å²) in [5.74, 6) is 1.07. The van der Waals surface area contributed by atoms with Gasteiger partial charge in [-0.2, -0.15) is 5.10 Å². The lowest BCUT2D eigenvalue weighted by Gasteiger charge is -2.23. The zero-order valence-electron chi connectivity index (χ0n) is 20.3. The number of para-hydroxylation sites is 1. The molecule has 0 saturated heterocycles. The maximum Gasteiger partial charge on any atom is 0.271 e. The molecule has 33 heavy (non-hydrogen) atoms. The van der Waals surface area contributed by atoms with E-state index in [4.69, 9.17) is 14.2 Å². The molecular weight excluding hydrogens is 418 g/mol. The van der Waals surface area contributed by atoms with E-state index in [0.29, 0.717) is 42.6 Å². The van der Waals surface area contributed by atoms with Crippen molar-refractivity contribution in [1.82, 2.24) is 5.43 Å². The Balaban J connectivity index is 1.79. The molecule has 0 bridgehead atoms. The number of allylic oxidation sites excluding steroid dienone is 2. The number of hydrogen-bond acceptors (Lipinski definition) is 6. The monoisotopic (exact) mass is 451 g/mol. The average molecular weight is 452 g/mol. The quantitative estimate of drug-likeness (QED) is 0.433. The second-order valence-corrected chi connectivity index (χ2v) is 8.07. The second-order valence-electron chi connectivity index (χ2n) is 8.07.